The summed E-state index contributed by atoms with van der Waals surface area (Å²) in [6.07, 6.45) is 1.11. The van der Waals surface area contributed by atoms with Crippen LogP contribution >= 0.6 is 0 Å². The number of aromatic hydroxyl groups is 1. The number of amides is 2. The fourth-order valence-electron chi connectivity index (χ4n) is 2.93. The van der Waals surface area contributed by atoms with Crippen molar-refractivity contribution >= 4 is 12.0 Å². The van der Waals surface area contributed by atoms with Crippen LogP contribution in [0.3, 0.4) is 0 Å². The lowest BCUT2D eigenvalue weighted by Crippen LogP contribution is -2.48. The van der Waals surface area contributed by atoms with Crippen LogP contribution < -0.4 is 10.1 Å². The van der Waals surface area contributed by atoms with Gasteiger partial charge in [0.15, 0.2) is 0 Å². The van der Waals surface area contributed by atoms with E-state index in [2.05, 4.69) is 5.32 Å². The van der Waals surface area contributed by atoms with Crippen LogP contribution in [0.15, 0.2) is 18.2 Å². The molecule has 1 aliphatic heterocycles. The van der Waals surface area contributed by atoms with Crippen LogP contribution in [0.4, 0.5) is 4.79 Å². The number of carbonyl (C=O) groups is 2. The van der Waals surface area contributed by atoms with E-state index in [1.54, 1.807) is 17.0 Å². The Morgan fingerprint density at radius 3 is 2.50 bits per heavy atom. The number of nitrogens with one attached hydrogen (secondary N) is 1. The molecule has 7 heteroatoms. The van der Waals surface area contributed by atoms with Crippen molar-refractivity contribution in [2.45, 2.75) is 51.7 Å². The van der Waals surface area contributed by atoms with E-state index < -0.39 is 11.7 Å². The molecule has 1 saturated heterocycles. The standard InChI is InChI=1S/C19H28N2O5/c1-19(2,3)26-18(24)20-14-7-9-21(10-8-14)17(23)12-13-11-15(22)5-6-16(13)25-4/h5-6,11,14,22H,7-10,12H2,1-4H3,(H,20,24). The predicted octanol–water partition coefficient (Wildman–Crippen LogP) is 2.46. The first-order valence-electron chi connectivity index (χ1n) is 8.81. The van der Waals surface area contributed by atoms with E-state index in [1.807, 2.05) is 20.8 Å². The lowest BCUT2D eigenvalue weighted by atomic mass is 10.0. The first kappa shape index (κ1) is 19.9. The van der Waals surface area contributed by atoms with Gasteiger partial charge in [-0.3, -0.25) is 4.79 Å². The van der Waals surface area contributed by atoms with E-state index in [0.717, 1.165) is 0 Å². The number of piperidine rings is 1. The molecule has 0 aliphatic carbocycles. The van der Waals surface area contributed by atoms with Crippen LogP contribution in [0.2, 0.25) is 0 Å². The molecule has 2 amide bonds. The number of methoxy groups -OCH3 is 1. The number of rotatable bonds is 4. The van der Waals surface area contributed by atoms with Crippen LogP contribution in [0.5, 0.6) is 11.5 Å². The van der Waals surface area contributed by atoms with Crippen molar-refractivity contribution in [3.8, 4) is 11.5 Å². The molecule has 26 heavy (non-hydrogen) atoms. The van der Waals surface area contributed by atoms with E-state index in [9.17, 15) is 14.7 Å². The second-order valence-electron chi connectivity index (χ2n) is 7.47. The monoisotopic (exact) mass is 364 g/mol. The summed E-state index contributed by atoms with van der Waals surface area (Å²) in [6.45, 7) is 6.61. The minimum atomic E-state index is -0.527. The van der Waals surface area contributed by atoms with Crippen LogP contribution in [0.1, 0.15) is 39.2 Å². The van der Waals surface area contributed by atoms with Gasteiger partial charge in [0.2, 0.25) is 5.91 Å². The number of likely N-dealkylation sites (tertiary alicyclic amines) is 1. The molecule has 144 valence electrons. The van der Waals surface area contributed by atoms with Gasteiger partial charge in [0.25, 0.3) is 0 Å². The zero-order valence-corrected chi connectivity index (χ0v) is 15.9. The summed E-state index contributed by atoms with van der Waals surface area (Å²) < 4.78 is 10.5. The molecule has 1 aromatic carbocycles. The Labute approximate surface area is 154 Å². The second-order valence-corrected chi connectivity index (χ2v) is 7.47. The number of alkyl carbamates (subject to hydrolysis) is 1. The summed E-state index contributed by atoms with van der Waals surface area (Å²) in [5.74, 6) is 0.663. The summed E-state index contributed by atoms with van der Waals surface area (Å²) >= 11 is 0. The maximum Gasteiger partial charge on any atom is 0.407 e. The molecule has 0 bridgehead atoms. The van der Waals surface area contributed by atoms with Crippen LogP contribution in [0.25, 0.3) is 0 Å². The smallest absolute Gasteiger partial charge is 0.407 e. The Kier molecular flexibility index (Phi) is 6.34. The van der Waals surface area contributed by atoms with Crippen molar-refractivity contribution in [2.75, 3.05) is 20.2 Å². The van der Waals surface area contributed by atoms with E-state index in [1.165, 1.54) is 13.2 Å². The Morgan fingerprint density at radius 1 is 1.27 bits per heavy atom. The summed E-state index contributed by atoms with van der Waals surface area (Å²) in [5.41, 5.74) is 0.132. The summed E-state index contributed by atoms with van der Waals surface area (Å²) in [5, 5.41) is 12.5. The summed E-state index contributed by atoms with van der Waals surface area (Å²) in [6, 6.07) is 4.73. The molecule has 0 saturated carbocycles. The molecule has 1 aromatic rings. The van der Waals surface area contributed by atoms with Gasteiger partial charge in [-0.05, 0) is 51.8 Å². The molecule has 2 N–H and O–H groups in total. The average Bonchev–Trinajstić information content (AvgIpc) is 2.54. The third-order valence-electron chi connectivity index (χ3n) is 4.17. The van der Waals surface area contributed by atoms with Gasteiger partial charge in [-0.1, -0.05) is 0 Å². The largest absolute Gasteiger partial charge is 0.508 e. The number of phenols is 1. The molecule has 1 aliphatic rings. The summed E-state index contributed by atoms with van der Waals surface area (Å²) in [7, 11) is 1.54. The van der Waals surface area contributed by atoms with Gasteiger partial charge < -0.3 is 24.8 Å². The highest BCUT2D eigenvalue weighted by molar-refractivity contribution is 5.80. The Balaban J connectivity index is 1.85. The quantitative estimate of drug-likeness (QED) is 0.857. The highest BCUT2D eigenvalue weighted by Crippen LogP contribution is 2.24. The van der Waals surface area contributed by atoms with Crippen molar-refractivity contribution in [1.82, 2.24) is 10.2 Å². The number of hydrogen-bond donors (Lipinski definition) is 2. The molecule has 7 nitrogen and oxygen atoms in total. The molecule has 1 fully saturated rings. The molecule has 2 rings (SSSR count). The van der Waals surface area contributed by atoms with Gasteiger partial charge in [0.05, 0.1) is 13.5 Å². The first-order valence-corrected chi connectivity index (χ1v) is 8.81. The SMILES string of the molecule is COc1ccc(O)cc1CC(=O)N1CCC(NC(=O)OC(C)(C)C)CC1. The molecule has 0 radical (unpaired) electrons. The Morgan fingerprint density at radius 2 is 1.92 bits per heavy atom. The Bertz CT molecular complexity index is 646. The van der Waals surface area contributed by atoms with Crippen molar-refractivity contribution in [1.29, 1.82) is 0 Å². The third kappa shape index (κ3) is 5.82. The molecular formula is C19H28N2O5. The third-order valence-corrected chi connectivity index (χ3v) is 4.17. The van der Waals surface area contributed by atoms with Crippen LogP contribution in [0, 0.1) is 0 Å². The van der Waals surface area contributed by atoms with Gasteiger partial charge in [-0.25, -0.2) is 4.79 Å². The number of benzene rings is 1. The molecule has 1 heterocycles. The van der Waals surface area contributed by atoms with Gasteiger partial charge in [-0.2, -0.15) is 0 Å². The fourth-order valence-corrected chi connectivity index (χ4v) is 2.93. The lowest BCUT2D eigenvalue weighted by molar-refractivity contribution is -0.131. The maximum absolute atomic E-state index is 12.5. The van der Waals surface area contributed by atoms with Gasteiger partial charge in [0.1, 0.15) is 17.1 Å². The zero-order chi connectivity index (χ0) is 19.3. The van der Waals surface area contributed by atoms with E-state index in [4.69, 9.17) is 9.47 Å². The predicted molar refractivity (Wildman–Crippen MR) is 97.3 cm³/mol. The van der Waals surface area contributed by atoms with Gasteiger partial charge in [0, 0.05) is 24.7 Å². The molecule has 0 atom stereocenters. The van der Waals surface area contributed by atoms with E-state index in [-0.39, 0.29) is 24.1 Å². The average molecular weight is 364 g/mol. The fraction of sp³-hybridized carbons (Fsp3) is 0.579. The summed E-state index contributed by atoms with van der Waals surface area (Å²) in [4.78, 5) is 26.1. The van der Waals surface area contributed by atoms with Crippen LogP contribution in [-0.2, 0) is 16.0 Å². The van der Waals surface area contributed by atoms with Crippen LogP contribution in [-0.4, -0.2) is 53.8 Å². The first-order chi connectivity index (χ1) is 12.2. The van der Waals surface area contributed by atoms with E-state index >= 15 is 0 Å². The minimum Gasteiger partial charge on any atom is -0.508 e. The van der Waals surface area contributed by atoms with Crippen molar-refractivity contribution in [3.05, 3.63) is 23.8 Å². The topological polar surface area (TPSA) is 88.1 Å². The highest BCUT2D eigenvalue weighted by atomic mass is 16.6. The molecule has 0 unspecified atom stereocenters. The maximum atomic E-state index is 12.5. The zero-order valence-electron chi connectivity index (χ0n) is 15.9. The molecule has 0 aromatic heterocycles. The van der Waals surface area contributed by atoms with Gasteiger partial charge in [-0.15, -0.1) is 0 Å². The van der Waals surface area contributed by atoms with Gasteiger partial charge >= 0.3 is 6.09 Å². The molecule has 0 spiro atoms. The number of phenolic OH excluding ortho intramolecular Hbond substituents is 1. The second kappa shape index (κ2) is 8.29. The number of ether oxygens (including phenoxy) is 2. The normalized spacial score (nSPS) is 15.5. The Hall–Kier alpha value is -2.44. The molecular weight excluding hydrogens is 336 g/mol. The van der Waals surface area contributed by atoms with Crippen molar-refractivity contribution in [3.63, 3.8) is 0 Å². The minimum absolute atomic E-state index is 0.00389. The number of carbonyl (C=O) groups excluding carboxylic acids is 2. The number of nitrogens with zero attached hydrogens (tertiary/aromatic N) is 1. The number of hydrogen-bond acceptors (Lipinski definition) is 5. The highest BCUT2D eigenvalue weighted by Gasteiger charge is 2.26. The lowest BCUT2D eigenvalue weighted by Gasteiger charge is -2.33. The van der Waals surface area contributed by atoms with E-state index in [0.29, 0.717) is 37.2 Å². The van der Waals surface area contributed by atoms with Crippen molar-refractivity contribution < 1.29 is 24.2 Å². The van der Waals surface area contributed by atoms with Crippen molar-refractivity contribution in [2.24, 2.45) is 0 Å².